The summed E-state index contributed by atoms with van der Waals surface area (Å²) in [5.41, 5.74) is 2.74. The van der Waals surface area contributed by atoms with E-state index in [2.05, 4.69) is 30.8 Å². The van der Waals surface area contributed by atoms with Gasteiger partial charge in [0.2, 0.25) is 0 Å². The summed E-state index contributed by atoms with van der Waals surface area (Å²) in [6, 6.07) is 8.26. The quantitative estimate of drug-likeness (QED) is 0.614. The van der Waals surface area contributed by atoms with Crippen LogP contribution in [-0.4, -0.2) is 26.2 Å². The van der Waals surface area contributed by atoms with Gasteiger partial charge in [-0.1, -0.05) is 48.1 Å². The van der Waals surface area contributed by atoms with E-state index in [0.717, 1.165) is 23.1 Å². The molecule has 0 bridgehead atoms. The van der Waals surface area contributed by atoms with Crippen molar-refractivity contribution in [1.82, 2.24) is 0 Å². The van der Waals surface area contributed by atoms with Crippen molar-refractivity contribution in [2.75, 3.05) is 14.2 Å². The number of ether oxygens (including phenoxy) is 2. The van der Waals surface area contributed by atoms with Gasteiger partial charge in [0.1, 0.15) is 0 Å². The maximum absolute atomic E-state index is 12.3. The van der Waals surface area contributed by atoms with Gasteiger partial charge in [-0.25, -0.2) is 0 Å². The molecule has 0 radical (unpaired) electrons. The number of esters is 2. The number of aryl methyl sites for hydroxylation is 1. The maximum Gasteiger partial charge on any atom is 0.327 e. The minimum atomic E-state index is -1.38. The van der Waals surface area contributed by atoms with Crippen molar-refractivity contribution in [3.63, 3.8) is 0 Å². The second kappa shape index (κ2) is 7.04. The zero-order valence-corrected chi connectivity index (χ0v) is 14.7. The van der Waals surface area contributed by atoms with E-state index < -0.39 is 17.4 Å². The summed E-state index contributed by atoms with van der Waals surface area (Å²) >= 11 is 0. The van der Waals surface area contributed by atoms with Crippen LogP contribution in [-0.2, 0) is 25.5 Å². The van der Waals surface area contributed by atoms with E-state index in [1.807, 2.05) is 13.8 Å². The summed E-state index contributed by atoms with van der Waals surface area (Å²) in [5.74, 6) is -1.15. The first kappa shape index (κ1) is 18.0. The molecule has 1 aromatic carbocycles. The van der Waals surface area contributed by atoms with Gasteiger partial charge in [0.25, 0.3) is 0 Å². The maximum atomic E-state index is 12.3. The van der Waals surface area contributed by atoms with Crippen LogP contribution >= 0.6 is 0 Å². The first-order valence-electron chi connectivity index (χ1n) is 7.95. The third-order valence-corrected chi connectivity index (χ3v) is 4.60. The normalized spacial score (nSPS) is 18.7. The molecule has 1 aliphatic rings. The van der Waals surface area contributed by atoms with E-state index in [4.69, 9.17) is 9.47 Å². The van der Waals surface area contributed by atoms with E-state index in [1.54, 1.807) is 6.08 Å². The first-order valence-corrected chi connectivity index (χ1v) is 7.95. The second-order valence-electron chi connectivity index (χ2n) is 6.43. The summed E-state index contributed by atoms with van der Waals surface area (Å²) in [4.78, 5) is 24.7. The minimum absolute atomic E-state index is 0.0170. The molecule has 2 rings (SSSR count). The number of carbonyl (C=O) groups excluding carboxylic acids is 2. The molecule has 0 N–H and O–H groups in total. The summed E-state index contributed by atoms with van der Waals surface area (Å²) in [7, 11) is 2.57. The van der Waals surface area contributed by atoms with Gasteiger partial charge >= 0.3 is 11.9 Å². The zero-order valence-electron chi connectivity index (χ0n) is 14.7. The fraction of sp³-hybridized carbons (Fsp3) is 0.400. The Morgan fingerprint density at radius 1 is 1.17 bits per heavy atom. The monoisotopic (exact) mass is 328 g/mol. The van der Waals surface area contributed by atoms with Gasteiger partial charge in [-0.3, -0.25) is 9.59 Å². The molecular weight excluding hydrogens is 304 g/mol. The Balaban J connectivity index is 2.38. The lowest BCUT2D eigenvalue weighted by Gasteiger charge is -2.23. The largest absolute Gasteiger partial charge is 0.468 e. The molecule has 0 heterocycles. The zero-order chi connectivity index (χ0) is 17.9. The molecule has 0 spiro atoms. The summed E-state index contributed by atoms with van der Waals surface area (Å²) in [6.07, 6.45) is 2.75. The summed E-state index contributed by atoms with van der Waals surface area (Å²) in [6.45, 7) is 7.93. The van der Waals surface area contributed by atoms with Crippen molar-refractivity contribution in [1.29, 1.82) is 0 Å². The van der Waals surface area contributed by atoms with Crippen LogP contribution in [0.15, 0.2) is 48.1 Å². The lowest BCUT2D eigenvalue weighted by molar-refractivity contribution is -0.165. The third kappa shape index (κ3) is 3.28. The van der Waals surface area contributed by atoms with Crippen molar-refractivity contribution >= 4 is 11.9 Å². The number of methoxy groups -OCH3 is 2. The molecule has 1 aromatic rings. The second-order valence-corrected chi connectivity index (χ2v) is 6.43. The molecule has 4 heteroatoms. The fourth-order valence-electron chi connectivity index (χ4n) is 3.34. The molecule has 24 heavy (non-hydrogen) atoms. The molecule has 0 saturated carbocycles. The van der Waals surface area contributed by atoms with Crippen molar-refractivity contribution in [2.24, 2.45) is 11.3 Å². The number of hydrogen-bond donors (Lipinski definition) is 0. The van der Waals surface area contributed by atoms with Crippen LogP contribution in [0, 0.1) is 18.3 Å². The molecule has 0 saturated heterocycles. The molecule has 4 nitrogen and oxygen atoms in total. The van der Waals surface area contributed by atoms with Gasteiger partial charge in [-0.05, 0) is 43.7 Å². The Morgan fingerprint density at radius 2 is 1.71 bits per heavy atom. The van der Waals surface area contributed by atoms with E-state index >= 15 is 0 Å². The predicted octanol–water partition coefficient (Wildman–Crippen LogP) is 3.39. The van der Waals surface area contributed by atoms with Crippen molar-refractivity contribution in [3.05, 3.63) is 59.2 Å². The van der Waals surface area contributed by atoms with Crippen molar-refractivity contribution in [2.45, 2.75) is 26.7 Å². The molecule has 0 fully saturated rings. The van der Waals surface area contributed by atoms with E-state index in [-0.39, 0.29) is 5.92 Å². The van der Waals surface area contributed by atoms with Gasteiger partial charge in [0.05, 0.1) is 14.2 Å². The van der Waals surface area contributed by atoms with Gasteiger partial charge in [-0.15, -0.1) is 0 Å². The third-order valence-electron chi connectivity index (χ3n) is 4.60. The van der Waals surface area contributed by atoms with Gasteiger partial charge in [0.15, 0.2) is 5.41 Å². The van der Waals surface area contributed by atoms with E-state index in [0.29, 0.717) is 6.42 Å². The lowest BCUT2D eigenvalue weighted by atomic mass is 9.83. The minimum Gasteiger partial charge on any atom is -0.468 e. The van der Waals surface area contributed by atoms with Crippen LogP contribution in [0.5, 0.6) is 0 Å². The number of benzene rings is 1. The highest BCUT2D eigenvalue weighted by Gasteiger charge is 2.52. The van der Waals surface area contributed by atoms with Crippen LogP contribution in [0.1, 0.15) is 24.5 Å². The van der Waals surface area contributed by atoms with Crippen LogP contribution in [0.2, 0.25) is 0 Å². The SMILES string of the molecule is C=C(C)C1=CC(C(=O)OC)(C(=O)OC)CC1Cc1ccc(C)cc1. The molecule has 1 unspecified atom stereocenters. The fourth-order valence-corrected chi connectivity index (χ4v) is 3.34. The number of rotatable bonds is 5. The van der Waals surface area contributed by atoms with Crippen molar-refractivity contribution < 1.29 is 19.1 Å². The molecule has 0 amide bonds. The van der Waals surface area contributed by atoms with Crippen LogP contribution in [0.4, 0.5) is 0 Å². The smallest absolute Gasteiger partial charge is 0.327 e. The van der Waals surface area contributed by atoms with Gasteiger partial charge in [0, 0.05) is 0 Å². The average molecular weight is 328 g/mol. The molecule has 128 valence electrons. The standard InChI is InChI=1S/C20H24O4/c1-13(2)17-12-20(18(21)23-4,19(22)24-5)11-16(17)10-15-8-6-14(3)7-9-15/h6-9,12,16H,1,10-11H2,2-5H3. The lowest BCUT2D eigenvalue weighted by Crippen LogP contribution is -2.38. The number of hydrogen-bond acceptors (Lipinski definition) is 4. The van der Waals surface area contributed by atoms with Gasteiger partial charge in [-0.2, -0.15) is 0 Å². The van der Waals surface area contributed by atoms with Crippen molar-refractivity contribution in [3.8, 4) is 0 Å². The molecule has 1 aliphatic carbocycles. The Hall–Kier alpha value is -2.36. The highest BCUT2D eigenvalue weighted by Crippen LogP contribution is 2.45. The molecular formula is C20H24O4. The highest BCUT2D eigenvalue weighted by atomic mass is 16.5. The Bertz CT molecular complexity index is 666. The molecule has 0 aliphatic heterocycles. The predicted molar refractivity (Wildman–Crippen MR) is 92.4 cm³/mol. The van der Waals surface area contributed by atoms with Crippen LogP contribution in [0.25, 0.3) is 0 Å². The Labute approximate surface area is 143 Å². The summed E-state index contributed by atoms with van der Waals surface area (Å²) in [5, 5.41) is 0. The Morgan fingerprint density at radius 3 is 2.17 bits per heavy atom. The summed E-state index contributed by atoms with van der Waals surface area (Å²) < 4.78 is 9.78. The molecule has 1 atom stereocenters. The van der Waals surface area contributed by atoms with Crippen LogP contribution < -0.4 is 0 Å². The number of carbonyl (C=O) groups is 2. The van der Waals surface area contributed by atoms with E-state index in [1.165, 1.54) is 19.8 Å². The highest BCUT2D eigenvalue weighted by molar-refractivity contribution is 6.03. The average Bonchev–Trinajstić information content (AvgIpc) is 2.96. The molecule has 0 aromatic heterocycles. The number of allylic oxidation sites excluding steroid dienone is 2. The Kier molecular flexibility index (Phi) is 5.27. The first-order chi connectivity index (χ1) is 11.3. The topological polar surface area (TPSA) is 52.6 Å². The van der Waals surface area contributed by atoms with E-state index in [9.17, 15) is 9.59 Å². The van der Waals surface area contributed by atoms with Crippen LogP contribution in [0.3, 0.4) is 0 Å². The van der Waals surface area contributed by atoms with Gasteiger partial charge < -0.3 is 9.47 Å².